The molecule has 1 atom stereocenters. The van der Waals surface area contributed by atoms with Crippen LogP contribution in [0.3, 0.4) is 0 Å². The maximum atomic E-state index is 12.5. The highest BCUT2D eigenvalue weighted by atomic mass is 16.3. The Morgan fingerprint density at radius 1 is 1.37 bits per heavy atom. The molecule has 0 aliphatic carbocycles. The maximum absolute atomic E-state index is 12.5. The van der Waals surface area contributed by atoms with Crippen LogP contribution < -0.4 is 10.6 Å². The van der Waals surface area contributed by atoms with Gasteiger partial charge in [0.1, 0.15) is 0 Å². The van der Waals surface area contributed by atoms with Crippen LogP contribution in [0.1, 0.15) is 59.3 Å². The molecule has 1 heterocycles. The summed E-state index contributed by atoms with van der Waals surface area (Å²) in [5, 5.41) is 16.6. The van der Waals surface area contributed by atoms with Gasteiger partial charge in [0.15, 0.2) is 0 Å². The molecule has 19 heavy (non-hydrogen) atoms. The summed E-state index contributed by atoms with van der Waals surface area (Å²) in [6, 6.07) is 0. The van der Waals surface area contributed by atoms with Crippen LogP contribution >= 0.6 is 0 Å². The zero-order valence-electron chi connectivity index (χ0n) is 12.7. The van der Waals surface area contributed by atoms with Crippen molar-refractivity contribution in [3.8, 4) is 0 Å². The second-order valence-electron chi connectivity index (χ2n) is 5.92. The summed E-state index contributed by atoms with van der Waals surface area (Å²) in [5.74, 6) is 0.113. The number of hydrogen-bond donors (Lipinski definition) is 3. The van der Waals surface area contributed by atoms with Crippen molar-refractivity contribution in [3.05, 3.63) is 0 Å². The van der Waals surface area contributed by atoms with Gasteiger partial charge in [0, 0.05) is 13.1 Å². The Balaban J connectivity index is 2.62. The van der Waals surface area contributed by atoms with Gasteiger partial charge < -0.3 is 15.7 Å². The van der Waals surface area contributed by atoms with Crippen molar-refractivity contribution in [1.29, 1.82) is 0 Å². The summed E-state index contributed by atoms with van der Waals surface area (Å²) < 4.78 is 0. The fourth-order valence-corrected chi connectivity index (χ4v) is 2.90. The number of amides is 1. The van der Waals surface area contributed by atoms with E-state index in [1.54, 1.807) is 0 Å². The Hall–Kier alpha value is -0.610. The number of nitrogens with one attached hydrogen (secondary N) is 2. The van der Waals surface area contributed by atoms with Crippen LogP contribution in [0.25, 0.3) is 0 Å². The summed E-state index contributed by atoms with van der Waals surface area (Å²) in [6.45, 7) is 8.18. The number of rotatable bonds is 7. The predicted molar refractivity (Wildman–Crippen MR) is 78.0 cm³/mol. The van der Waals surface area contributed by atoms with Crippen molar-refractivity contribution in [3.63, 3.8) is 0 Å². The van der Waals surface area contributed by atoms with Gasteiger partial charge in [-0.2, -0.15) is 0 Å². The summed E-state index contributed by atoms with van der Waals surface area (Å²) >= 11 is 0. The molecule has 0 aromatic carbocycles. The van der Waals surface area contributed by atoms with E-state index in [1.807, 2.05) is 13.8 Å². The molecule has 1 saturated heterocycles. The first-order valence-electron chi connectivity index (χ1n) is 7.73. The lowest BCUT2D eigenvalue weighted by molar-refractivity contribution is -0.134. The monoisotopic (exact) mass is 270 g/mol. The molecule has 0 radical (unpaired) electrons. The van der Waals surface area contributed by atoms with E-state index in [0.29, 0.717) is 19.4 Å². The minimum Gasteiger partial charge on any atom is -0.388 e. The van der Waals surface area contributed by atoms with Gasteiger partial charge in [-0.1, -0.05) is 27.2 Å². The molecule has 0 aromatic heterocycles. The molecule has 0 bridgehead atoms. The lowest BCUT2D eigenvalue weighted by Gasteiger charge is -2.37. The average Bonchev–Trinajstić information content (AvgIpc) is 2.45. The highest BCUT2D eigenvalue weighted by Crippen LogP contribution is 2.32. The Morgan fingerprint density at radius 3 is 2.53 bits per heavy atom. The third-order valence-corrected chi connectivity index (χ3v) is 4.58. The summed E-state index contributed by atoms with van der Waals surface area (Å²) in [4.78, 5) is 12.5. The molecule has 0 saturated carbocycles. The van der Waals surface area contributed by atoms with Crippen molar-refractivity contribution in [2.75, 3.05) is 19.6 Å². The van der Waals surface area contributed by atoms with Gasteiger partial charge >= 0.3 is 0 Å². The van der Waals surface area contributed by atoms with Gasteiger partial charge in [0.25, 0.3) is 0 Å². The Labute approximate surface area is 117 Å². The van der Waals surface area contributed by atoms with Crippen molar-refractivity contribution in [1.82, 2.24) is 10.6 Å². The SMILES string of the molecule is CCCC1(C(=O)NCC(O)(CC)CC)CCCNC1. The molecule has 1 fully saturated rings. The van der Waals surface area contributed by atoms with E-state index < -0.39 is 5.60 Å². The zero-order valence-corrected chi connectivity index (χ0v) is 12.7. The Bertz CT molecular complexity index is 276. The van der Waals surface area contributed by atoms with E-state index in [9.17, 15) is 9.90 Å². The van der Waals surface area contributed by atoms with Crippen LogP contribution in [0.4, 0.5) is 0 Å². The minimum absolute atomic E-state index is 0.113. The fraction of sp³-hybridized carbons (Fsp3) is 0.933. The molecular weight excluding hydrogens is 240 g/mol. The van der Waals surface area contributed by atoms with E-state index in [1.165, 1.54) is 0 Å². The predicted octanol–water partition coefficient (Wildman–Crippen LogP) is 1.82. The fourth-order valence-electron chi connectivity index (χ4n) is 2.90. The van der Waals surface area contributed by atoms with Gasteiger partial charge in [0.2, 0.25) is 5.91 Å². The lowest BCUT2D eigenvalue weighted by Crippen LogP contribution is -2.53. The first-order chi connectivity index (χ1) is 9.02. The first-order valence-corrected chi connectivity index (χ1v) is 7.73. The molecule has 1 rings (SSSR count). The molecule has 0 aromatic rings. The second-order valence-corrected chi connectivity index (χ2v) is 5.92. The third kappa shape index (κ3) is 4.18. The molecule has 1 aliphatic rings. The van der Waals surface area contributed by atoms with Crippen LogP contribution in [0.2, 0.25) is 0 Å². The van der Waals surface area contributed by atoms with Gasteiger partial charge in [-0.05, 0) is 38.6 Å². The molecule has 4 nitrogen and oxygen atoms in total. The number of carbonyl (C=O) groups is 1. The van der Waals surface area contributed by atoms with Crippen LogP contribution in [0, 0.1) is 5.41 Å². The molecule has 1 amide bonds. The normalized spacial score (nSPS) is 24.2. The van der Waals surface area contributed by atoms with E-state index in [4.69, 9.17) is 0 Å². The average molecular weight is 270 g/mol. The van der Waals surface area contributed by atoms with Crippen molar-refractivity contribution in [2.24, 2.45) is 5.41 Å². The Morgan fingerprint density at radius 2 is 2.05 bits per heavy atom. The largest absolute Gasteiger partial charge is 0.388 e. The topological polar surface area (TPSA) is 61.4 Å². The highest BCUT2D eigenvalue weighted by molar-refractivity contribution is 5.83. The number of aliphatic hydroxyl groups is 1. The number of hydrogen-bond acceptors (Lipinski definition) is 3. The molecule has 1 unspecified atom stereocenters. The van der Waals surface area contributed by atoms with E-state index >= 15 is 0 Å². The number of piperidine rings is 1. The molecule has 3 N–H and O–H groups in total. The molecule has 4 heteroatoms. The zero-order chi connectivity index (χ0) is 14.4. The van der Waals surface area contributed by atoms with E-state index in [-0.39, 0.29) is 11.3 Å². The smallest absolute Gasteiger partial charge is 0.227 e. The van der Waals surface area contributed by atoms with Crippen molar-refractivity contribution < 1.29 is 9.90 Å². The third-order valence-electron chi connectivity index (χ3n) is 4.58. The molecule has 1 aliphatic heterocycles. The van der Waals surface area contributed by atoms with Crippen molar-refractivity contribution >= 4 is 5.91 Å². The molecule has 0 spiro atoms. The molecular formula is C15H30N2O2. The van der Waals surface area contributed by atoms with Gasteiger partial charge in [-0.3, -0.25) is 4.79 Å². The quantitative estimate of drug-likeness (QED) is 0.661. The lowest BCUT2D eigenvalue weighted by atomic mass is 9.76. The van der Waals surface area contributed by atoms with Gasteiger partial charge in [0.05, 0.1) is 11.0 Å². The molecule has 112 valence electrons. The Kier molecular flexibility index (Phi) is 6.27. The summed E-state index contributed by atoms with van der Waals surface area (Å²) in [6.07, 6.45) is 5.28. The van der Waals surface area contributed by atoms with Crippen LogP contribution in [0.15, 0.2) is 0 Å². The van der Waals surface area contributed by atoms with Crippen LogP contribution in [0.5, 0.6) is 0 Å². The maximum Gasteiger partial charge on any atom is 0.227 e. The standard InChI is InChI=1S/C15H30N2O2/c1-4-8-14(9-7-10-16-11-14)13(18)17-12-15(19,5-2)6-3/h16,19H,4-12H2,1-3H3,(H,17,18). The summed E-state index contributed by atoms with van der Waals surface area (Å²) in [7, 11) is 0. The van der Waals surface area contributed by atoms with Gasteiger partial charge in [-0.25, -0.2) is 0 Å². The highest BCUT2D eigenvalue weighted by Gasteiger charge is 2.39. The van der Waals surface area contributed by atoms with Crippen LogP contribution in [-0.2, 0) is 4.79 Å². The van der Waals surface area contributed by atoms with Crippen molar-refractivity contribution in [2.45, 2.75) is 64.9 Å². The minimum atomic E-state index is -0.759. The second kappa shape index (κ2) is 7.25. The summed E-state index contributed by atoms with van der Waals surface area (Å²) in [5.41, 5.74) is -1.03. The van der Waals surface area contributed by atoms with E-state index in [0.717, 1.165) is 38.8 Å². The van der Waals surface area contributed by atoms with Gasteiger partial charge in [-0.15, -0.1) is 0 Å². The van der Waals surface area contributed by atoms with Crippen LogP contribution in [-0.4, -0.2) is 36.2 Å². The first kappa shape index (κ1) is 16.4. The van der Waals surface area contributed by atoms with E-state index in [2.05, 4.69) is 17.6 Å². The number of carbonyl (C=O) groups excluding carboxylic acids is 1.